The van der Waals surface area contributed by atoms with Gasteiger partial charge in [0.1, 0.15) is 27.2 Å². The number of benzene rings is 1. The highest BCUT2D eigenvalue weighted by atomic mass is 79.9. The topological polar surface area (TPSA) is 132 Å². The summed E-state index contributed by atoms with van der Waals surface area (Å²) in [6.07, 6.45) is 6.58. The largest absolute Gasteiger partial charge is 0.496 e. The molecule has 3 aromatic heterocycles. The standard InChI is InChI=1S/C31H37BrN6O6S/c1-18-25-26(39)37(31(2,3)29(40)35-20-6-5-7-20)30(41)36(28(25)45-27(18)38-33-12-13-34-38)17-24(44-21-10-14-43-15-11-21)22-16-19(32)8-9-23(22)42-4/h8-9,12-13,16,20-21,24H,5-7,10-11,14-15,17H2,1-4H3,(H,35,40)/t24-/m0/s1. The van der Waals surface area contributed by atoms with Crippen molar-refractivity contribution >= 4 is 43.4 Å². The molecule has 0 bridgehead atoms. The molecular weight excluding hydrogens is 664 g/mol. The van der Waals surface area contributed by atoms with E-state index in [-0.39, 0.29) is 24.6 Å². The van der Waals surface area contributed by atoms with Crippen LogP contribution in [0.3, 0.4) is 0 Å². The Morgan fingerprint density at radius 2 is 1.89 bits per heavy atom. The van der Waals surface area contributed by atoms with Crippen molar-refractivity contribution in [1.82, 2.24) is 29.4 Å². The number of nitrogens with one attached hydrogen (secondary N) is 1. The maximum Gasteiger partial charge on any atom is 0.333 e. The number of nitrogens with zero attached hydrogens (tertiary/aromatic N) is 5. The van der Waals surface area contributed by atoms with E-state index in [1.165, 1.54) is 16.1 Å². The zero-order valence-electron chi connectivity index (χ0n) is 25.7. The van der Waals surface area contributed by atoms with E-state index >= 15 is 0 Å². The fourth-order valence-corrected chi connectivity index (χ4v) is 7.50. The maximum atomic E-state index is 14.6. The van der Waals surface area contributed by atoms with Crippen molar-refractivity contribution in [3.8, 4) is 10.8 Å². The lowest BCUT2D eigenvalue weighted by molar-refractivity contribution is -0.130. The number of aromatic nitrogens is 5. The van der Waals surface area contributed by atoms with Crippen molar-refractivity contribution in [2.75, 3.05) is 20.3 Å². The molecule has 1 saturated carbocycles. The molecule has 240 valence electrons. The van der Waals surface area contributed by atoms with E-state index in [1.807, 2.05) is 25.1 Å². The van der Waals surface area contributed by atoms with Gasteiger partial charge in [-0.15, -0.1) is 4.80 Å². The summed E-state index contributed by atoms with van der Waals surface area (Å²) in [4.78, 5) is 44.4. The molecule has 6 rings (SSSR count). The molecule has 1 amide bonds. The molecule has 12 nitrogen and oxygen atoms in total. The first-order valence-electron chi connectivity index (χ1n) is 15.1. The number of aryl methyl sites for hydroxylation is 1. The van der Waals surface area contributed by atoms with Gasteiger partial charge >= 0.3 is 5.69 Å². The molecule has 2 fully saturated rings. The van der Waals surface area contributed by atoms with Crippen LogP contribution in [0.25, 0.3) is 15.2 Å². The van der Waals surface area contributed by atoms with Crippen LogP contribution in [0.1, 0.15) is 63.2 Å². The fraction of sp³-hybridized carbons (Fsp3) is 0.516. The number of methoxy groups -OCH3 is 1. The third kappa shape index (κ3) is 6.00. The van der Waals surface area contributed by atoms with Gasteiger partial charge in [-0.2, -0.15) is 10.2 Å². The molecular formula is C31H37BrN6O6S. The molecule has 0 unspecified atom stereocenters. The molecule has 1 aliphatic carbocycles. The van der Waals surface area contributed by atoms with Gasteiger partial charge < -0.3 is 19.5 Å². The summed E-state index contributed by atoms with van der Waals surface area (Å²) in [6.45, 7) is 6.27. The summed E-state index contributed by atoms with van der Waals surface area (Å²) in [5.74, 6) is 0.236. The zero-order valence-corrected chi connectivity index (χ0v) is 28.1. The lowest BCUT2D eigenvalue weighted by Gasteiger charge is -2.33. The minimum Gasteiger partial charge on any atom is -0.496 e. The number of rotatable bonds is 10. The van der Waals surface area contributed by atoms with Gasteiger partial charge in [-0.05, 0) is 71.1 Å². The van der Waals surface area contributed by atoms with Gasteiger partial charge in [0.2, 0.25) is 5.91 Å². The van der Waals surface area contributed by atoms with Crippen molar-refractivity contribution in [3.05, 3.63) is 67.0 Å². The third-order valence-corrected chi connectivity index (χ3v) is 10.5. The van der Waals surface area contributed by atoms with Gasteiger partial charge in [-0.25, -0.2) is 9.36 Å². The predicted molar refractivity (Wildman–Crippen MR) is 173 cm³/mol. The van der Waals surface area contributed by atoms with Crippen molar-refractivity contribution in [3.63, 3.8) is 0 Å². The quantitative estimate of drug-likeness (QED) is 0.260. The van der Waals surface area contributed by atoms with Gasteiger partial charge in [0, 0.05) is 34.9 Å². The number of thiophene rings is 1. The van der Waals surface area contributed by atoms with E-state index in [1.54, 1.807) is 37.9 Å². The van der Waals surface area contributed by atoms with Crippen LogP contribution < -0.4 is 21.3 Å². The molecule has 1 N–H and O–H groups in total. The second-order valence-corrected chi connectivity index (χ2v) is 13.9. The Labute approximate surface area is 272 Å². The van der Waals surface area contributed by atoms with E-state index in [0.29, 0.717) is 52.6 Å². The molecule has 1 aliphatic heterocycles. The predicted octanol–water partition coefficient (Wildman–Crippen LogP) is 4.23. The number of halogens is 1. The minimum absolute atomic E-state index is 0.0417. The smallest absolute Gasteiger partial charge is 0.333 e. The van der Waals surface area contributed by atoms with Gasteiger partial charge in [0.25, 0.3) is 5.56 Å². The minimum atomic E-state index is -1.47. The van der Waals surface area contributed by atoms with Gasteiger partial charge in [-0.3, -0.25) is 14.2 Å². The lowest BCUT2D eigenvalue weighted by atomic mass is 9.91. The van der Waals surface area contributed by atoms with Gasteiger partial charge in [0.05, 0.1) is 37.5 Å². The second kappa shape index (κ2) is 12.8. The van der Waals surface area contributed by atoms with Crippen LogP contribution in [0.5, 0.6) is 5.75 Å². The molecule has 4 aromatic rings. The number of hydrogen-bond acceptors (Lipinski definition) is 9. The van der Waals surface area contributed by atoms with E-state index in [0.717, 1.165) is 33.9 Å². The van der Waals surface area contributed by atoms with Crippen LogP contribution in [-0.2, 0) is 26.4 Å². The summed E-state index contributed by atoms with van der Waals surface area (Å²) in [5.41, 5.74) is -1.23. The third-order valence-electron chi connectivity index (χ3n) is 8.75. The maximum absolute atomic E-state index is 14.6. The van der Waals surface area contributed by atoms with Gasteiger partial charge in [-0.1, -0.05) is 27.3 Å². The summed E-state index contributed by atoms with van der Waals surface area (Å²) in [5, 5.41) is 12.6. The Hall–Kier alpha value is -3.33. The Kier molecular flexibility index (Phi) is 9.01. The lowest BCUT2D eigenvalue weighted by Crippen LogP contribution is -2.57. The van der Waals surface area contributed by atoms with Crippen molar-refractivity contribution in [1.29, 1.82) is 0 Å². The highest BCUT2D eigenvalue weighted by molar-refractivity contribution is 9.10. The summed E-state index contributed by atoms with van der Waals surface area (Å²) >= 11 is 4.84. The fourth-order valence-electron chi connectivity index (χ4n) is 5.90. The average Bonchev–Trinajstić information content (AvgIpc) is 3.65. The molecule has 1 aromatic carbocycles. The van der Waals surface area contributed by atoms with E-state index in [4.69, 9.17) is 14.2 Å². The molecule has 45 heavy (non-hydrogen) atoms. The molecule has 1 atom stereocenters. The molecule has 0 spiro atoms. The number of hydrogen-bond donors (Lipinski definition) is 1. The molecule has 14 heteroatoms. The number of fused-ring (bicyclic) bond motifs is 1. The number of carbonyl (C=O) groups excluding carboxylic acids is 1. The first-order chi connectivity index (χ1) is 21.6. The van der Waals surface area contributed by atoms with Crippen LogP contribution in [0.4, 0.5) is 0 Å². The first-order valence-corrected chi connectivity index (χ1v) is 16.7. The Morgan fingerprint density at radius 3 is 2.53 bits per heavy atom. The van der Waals surface area contributed by atoms with Crippen LogP contribution >= 0.6 is 27.3 Å². The molecule has 4 heterocycles. The van der Waals surface area contributed by atoms with Crippen molar-refractivity contribution in [2.24, 2.45) is 0 Å². The summed E-state index contributed by atoms with van der Waals surface area (Å²) in [7, 11) is 1.60. The second-order valence-electron chi connectivity index (χ2n) is 12.0. The molecule has 1 saturated heterocycles. The zero-order chi connectivity index (χ0) is 31.9. The van der Waals surface area contributed by atoms with Crippen LogP contribution in [0, 0.1) is 6.92 Å². The van der Waals surface area contributed by atoms with E-state index in [9.17, 15) is 14.4 Å². The normalized spacial score (nSPS) is 16.9. The first kappa shape index (κ1) is 31.6. The van der Waals surface area contributed by atoms with Crippen LogP contribution in [0.2, 0.25) is 0 Å². The highest BCUT2D eigenvalue weighted by Gasteiger charge is 2.38. The molecule has 0 radical (unpaired) electrons. The van der Waals surface area contributed by atoms with Gasteiger partial charge in [0.15, 0.2) is 0 Å². The SMILES string of the molecule is COc1ccc(Br)cc1[C@H](Cn1c(=O)n(C(C)(C)C(=O)NC2CCC2)c(=O)c2c(C)c(-n3nccn3)sc21)OC1CCOCC1. The average molecular weight is 702 g/mol. The van der Waals surface area contributed by atoms with E-state index in [2.05, 4.69) is 31.4 Å². The highest BCUT2D eigenvalue weighted by Crippen LogP contribution is 2.36. The summed E-state index contributed by atoms with van der Waals surface area (Å²) in [6, 6.07) is 5.70. The Bertz CT molecular complexity index is 1820. The van der Waals surface area contributed by atoms with Crippen LogP contribution in [0.15, 0.2) is 44.7 Å². The van der Waals surface area contributed by atoms with E-state index < -0.39 is 22.9 Å². The molecule has 2 aliphatic rings. The Balaban J connectivity index is 1.55. The summed E-state index contributed by atoms with van der Waals surface area (Å²) < 4.78 is 21.5. The number of carbonyl (C=O) groups is 1. The number of ether oxygens (including phenoxy) is 3. The monoisotopic (exact) mass is 700 g/mol. The van der Waals surface area contributed by atoms with Crippen molar-refractivity contribution < 1.29 is 19.0 Å². The Morgan fingerprint density at radius 1 is 1.18 bits per heavy atom. The van der Waals surface area contributed by atoms with Crippen LogP contribution in [-0.4, -0.2) is 62.5 Å². The number of amides is 1. The van der Waals surface area contributed by atoms with Crippen molar-refractivity contribution in [2.45, 2.75) is 83.2 Å².